The van der Waals surface area contributed by atoms with Crippen molar-refractivity contribution in [2.45, 2.75) is 52.1 Å². The molecule has 0 aliphatic rings. The van der Waals surface area contributed by atoms with E-state index < -0.39 is 18.0 Å². The van der Waals surface area contributed by atoms with Crippen LogP contribution in [0.25, 0.3) is 0 Å². The maximum Gasteiger partial charge on any atom is 0.326 e. The lowest BCUT2D eigenvalue weighted by atomic mass is 10.0. The van der Waals surface area contributed by atoms with Crippen LogP contribution in [-0.2, 0) is 9.53 Å². The molecule has 0 aromatic rings. The van der Waals surface area contributed by atoms with Crippen LogP contribution in [0.15, 0.2) is 0 Å². The van der Waals surface area contributed by atoms with E-state index in [1.54, 1.807) is 7.11 Å². The smallest absolute Gasteiger partial charge is 0.326 e. The van der Waals surface area contributed by atoms with E-state index in [1.807, 2.05) is 20.8 Å². The minimum Gasteiger partial charge on any atom is -0.480 e. The summed E-state index contributed by atoms with van der Waals surface area (Å²) in [4.78, 5) is 22.8. The Morgan fingerprint density at radius 1 is 1.26 bits per heavy atom. The normalized spacial score (nSPS) is 13.9. The summed E-state index contributed by atoms with van der Waals surface area (Å²) < 4.78 is 5.02. The molecule has 112 valence electrons. The van der Waals surface area contributed by atoms with Crippen molar-refractivity contribution in [3.8, 4) is 0 Å². The Labute approximate surface area is 114 Å². The van der Waals surface area contributed by atoms with Crippen molar-refractivity contribution in [1.29, 1.82) is 0 Å². The summed E-state index contributed by atoms with van der Waals surface area (Å²) in [5, 5.41) is 14.3. The molecule has 0 spiro atoms. The van der Waals surface area contributed by atoms with Gasteiger partial charge in [-0.25, -0.2) is 9.59 Å². The SMILES string of the molecule is CCCC(COC)NC(=O)N[C@H](CC(C)C)C(=O)O. The highest BCUT2D eigenvalue weighted by molar-refractivity contribution is 5.82. The first kappa shape index (κ1) is 17.7. The van der Waals surface area contributed by atoms with E-state index in [4.69, 9.17) is 9.84 Å². The maximum absolute atomic E-state index is 11.8. The molecule has 6 nitrogen and oxygen atoms in total. The van der Waals surface area contributed by atoms with Gasteiger partial charge >= 0.3 is 12.0 Å². The second-order valence-corrected chi connectivity index (χ2v) is 5.08. The largest absolute Gasteiger partial charge is 0.480 e. The Bertz CT molecular complexity index is 276. The van der Waals surface area contributed by atoms with Gasteiger partial charge in [0.25, 0.3) is 0 Å². The molecule has 0 rings (SSSR count). The highest BCUT2D eigenvalue weighted by Crippen LogP contribution is 2.05. The molecule has 0 aromatic carbocycles. The van der Waals surface area contributed by atoms with Gasteiger partial charge in [-0.2, -0.15) is 0 Å². The molecular weight excluding hydrogens is 248 g/mol. The number of carboxylic acid groups (broad SMARTS) is 1. The van der Waals surface area contributed by atoms with Crippen LogP contribution in [0.3, 0.4) is 0 Å². The fourth-order valence-corrected chi connectivity index (χ4v) is 1.83. The van der Waals surface area contributed by atoms with Crippen molar-refractivity contribution in [2.24, 2.45) is 5.92 Å². The van der Waals surface area contributed by atoms with E-state index in [0.717, 1.165) is 12.8 Å². The molecule has 0 aromatic heterocycles. The van der Waals surface area contributed by atoms with Crippen LogP contribution < -0.4 is 10.6 Å². The van der Waals surface area contributed by atoms with E-state index in [9.17, 15) is 9.59 Å². The van der Waals surface area contributed by atoms with Gasteiger partial charge in [0.05, 0.1) is 12.6 Å². The molecule has 0 heterocycles. The van der Waals surface area contributed by atoms with Crippen LogP contribution in [0.4, 0.5) is 4.79 Å². The minimum absolute atomic E-state index is 0.0940. The summed E-state index contributed by atoms with van der Waals surface area (Å²) in [6, 6.07) is -1.41. The van der Waals surface area contributed by atoms with Gasteiger partial charge in [0.1, 0.15) is 6.04 Å². The predicted octanol–water partition coefficient (Wildman–Crippen LogP) is 1.60. The number of hydrogen-bond donors (Lipinski definition) is 3. The molecule has 0 bridgehead atoms. The Morgan fingerprint density at radius 3 is 2.32 bits per heavy atom. The van der Waals surface area contributed by atoms with Crippen molar-refractivity contribution < 1.29 is 19.4 Å². The number of carboxylic acids is 1. The zero-order valence-electron chi connectivity index (χ0n) is 12.2. The lowest BCUT2D eigenvalue weighted by Gasteiger charge is -2.21. The van der Waals surface area contributed by atoms with E-state index >= 15 is 0 Å². The molecule has 0 aliphatic carbocycles. The summed E-state index contributed by atoms with van der Waals surface area (Å²) in [6.07, 6.45) is 2.12. The number of rotatable bonds is 9. The number of ether oxygens (including phenoxy) is 1. The molecule has 3 N–H and O–H groups in total. The molecule has 2 atom stereocenters. The van der Waals surface area contributed by atoms with Crippen LogP contribution in [0, 0.1) is 5.92 Å². The molecule has 0 fully saturated rings. The molecule has 0 saturated carbocycles. The monoisotopic (exact) mass is 274 g/mol. The van der Waals surface area contributed by atoms with Crippen molar-refractivity contribution in [3.63, 3.8) is 0 Å². The Balaban J connectivity index is 4.34. The van der Waals surface area contributed by atoms with Gasteiger partial charge in [-0.15, -0.1) is 0 Å². The van der Waals surface area contributed by atoms with Crippen molar-refractivity contribution in [2.75, 3.05) is 13.7 Å². The number of carbonyl (C=O) groups is 2. The van der Waals surface area contributed by atoms with Crippen LogP contribution >= 0.6 is 0 Å². The van der Waals surface area contributed by atoms with Crippen molar-refractivity contribution >= 4 is 12.0 Å². The summed E-state index contributed by atoms with van der Waals surface area (Å²) in [7, 11) is 1.57. The van der Waals surface area contributed by atoms with E-state index in [2.05, 4.69) is 10.6 Å². The van der Waals surface area contributed by atoms with Gasteiger partial charge in [0.15, 0.2) is 0 Å². The predicted molar refractivity (Wildman–Crippen MR) is 73.1 cm³/mol. The van der Waals surface area contributed by atoms with Crippen molar-refractivity contribution in [1.82, 2.24) is 10.6 Å². The van der Waals surface area contributed by atoms with Gasteiger partial charge in [0, 0.05) is 7.11 Å². The second-order valence-electron chi connectivity index (χ2n) is 5.08. The Morgan fingerprint density at radius 2 is 1.89 bits per heavy atom. The number of hydrogen-bond acceptors (Lipinski definition) is 3. The third-order valence-electron chi connectivity index (χ3n) is 2.65. The van der Waals surface area contributed by atoms with Gasteiger partial charge in [-0.05, 0) is 18.8 Å². The van der Waals surface area contributed by atoms with E-state index in [0.29, 0.717) is 13.0 Å². The maximum atomic E-state index is 11.8. The Kier molecular flexibility index (Phi) is 8.95. The van der Waals surface area contributed by atoms with Crippen LogP contribution in [0.5, 0.6) is 0 Å². The third-order valence-corrected chi connectivity index (χ3v) is 2.65. The number of nitrogens with one attached hydrogen (secondary N) is 2. The molecule has 2 amide bonds. The fourth-order valence-electron chi connectivity index (χ4n) is 1.83. The quantitative estimate of drug-likeness (QED) is 0.596. The summed E-state index contributed by atoms with van der Waals surface area (Å²) in [5.41, 5.74) is 0. The van der Waals surface area contributed by atoms with Crippen molar-refractivity contribution in [3.05, 3.63) is 0 Å². The highest BCUT2D eigenvalue weighted by Gasteiger charge is 2.22. The fraction of sp³-hybridized carbons (Fsp3) is 0.846. The number of urea groups is 1. The average Bonchev–Trinajstić information content (AvgIpc) is 2.27. The number of methoxy groups -OCH3 is 1. The van der Waals surface area contributed by atoms with Crippen LogP contribution in [0.2, 0.25) is 0 Å². The summed E-state index contributed by atoms with van der Waals surface area (Å²) in [5.74, 6) is -0.811. The standard InChI is InChI=1S/C13H26N2O4/c1-5-6-10(8-19-4)14-13(18)15-11(12(16)17)7-9(2)3/h9-11H,5-8H2,1-4H3,(H,16,17)(H2,14,15,18)/t10?,11-/m1/s1. The number of amides is 2. The van der Waals surface area contributed by atoms with Crippen LogP contribution in [-0.4, -0.2) is 42.9 Å². The van der Waals surface area contributed by atoms with Gasteiger partial charge in [-0.3, -0.25) is 0 Å². The summed E-state index contributed by atoms with van der Waals surface area (Å²) >= 11 is 0. The first-order valence-electron chi connectivity index (χ1n) is 6.69. The molecule has 0 aliphatic heterocycles. The van der Waals surface area contributed by atoms with Gasteiger partial charge in [0.2, 0.25) is 0 Å². The first-order valence-corrected chi connectivity index (χ1v) is 6.69. The molecule has 1 unspecified atom stereocenters. The van der Waals surface area contributed by atoms with E-state index in [1.165, 1.54) is 0 Å². The lowest BCUT2D eigenvalue weighted by molar-refractivity contribution is -0.139. The zero-order valence-corrected chi connectivity index (χ0v) is 12.2. The second kappa shape index (κ2) is 9.61. The van der Waals surface area contributed by atoms with Crippen LogP contribution in [0.1, 0.15) is 40.0 Å². The zero-order chi connectivity index (χ0) is 14.8. The average molecular weight is 274 g/mol. The topological polar surface area (TPSA) is 87.7 Å². The summed E-state index contributed by atoms with van der Waals surface area (Å²) in [6.45, 7) is 6.27. The Hall–Kier alpha value is -1.30. The highest BCUT2D eigenvalue weighted by atomic mass is 16.5. The number of carbonyl (C=O) groups excluding carboxylic acids is 1. The third kappa shape index (κ3) is 8.42. The molecular formula is C13H26N2O4. The lowest BCUT2D eigenvalue weighted by Crippen LogP contribution is -2.50. The van der Waals surface area contributed by atoms with Gasteiger partial charge in [-0.1, -0.05) is 27.2 Å². The minimum atomic E-state index is -1.01. The van der Waals surface area contributed by atoms with Gasteiger partial charge < -0.3 is 20.5 Å². The molecule has 0 saturated heterocycles. The molecule has 19 heavy (non-hydrogen) atoms. The number of aliphatic carboxylic acids is 1. The van der Waals surface area contributed by atoms with E-state index in [-0.39, 0.29) is 12.0 Å². The first-order chi connectivity index (χ1) is 8.90. The molecule has 6 heteroatoms. The molecule has 0 radical (unpaired) electrons.